The average molecular weight is 391 g/mol. The number of amides is 2. The lowest BCUT2D eigenvalue weighted by Gasteiger charge is -2.13. The summed E-state index contributed by atoms with van der Waals surface area (Å²) >= 11 is 0. The molecule has 0 bridgehead atoms. The molecule has 2 amide bonds. The lowest BCUT2D eigenvalue weighted by molar-refractivity contribution is -0.145. The van der Waals surface area contributed by atoms with Crippen molar-refractivity contribution in [3.05, 3.63) is 81.4 Å². The van der Waals surface area contributed by atoms with Crippen molar-refractivity contribution in [1.82, 2.24) is 14.3 Å². The number of carbonyl (C=O) groups is 3. The molecular weight excluding hydrogens is 374 g/mol. The van der Waals surface area contributed by atoms with Crippen molar-refractivity contribution in [1.29, 1.82) is 0 Å². The number of benzene rings is 1. The van der Waals surface area contributed by atoms with Crippen molar-refractivity contribution in [3.8, 4) is 0 Å². The number of nitrogens with zero attached hydrogens (tertiary/aromatic N) is 3. The van der Waals surface area contributed by atoms with E-state index >= 15 is 0 Å². The maximum Gasteiger partial charge on any atom is 0.307 e. The highest BCUT2D eigenvalue weighted by Gasteiger charge is 2.35. The molecule has 4 rings (SSSR count). The summed E-state index contributed by atoms with van der Waals surface area (Å²) in [7, 11) is 0. The summed E-state index contributed by atoms with van der Waals surface area (Å²) in [5.41, 5.74) is 1.96. The van der Waals surface area contributed by atoms with E-state index in [1.165, 1.54) is 10.5 Å². The Kier molecular flexibility index (Phi) is 4.67. The number of hydrogen-bond acceptors (Lipinski definition) is 6. The number of fused-ring (bicyclic) bond motifs is 2. The Balaban J connectivity index is 1.38. The van der Waals surface area contributed by atoms with Gasteiger partial charge in [-0.3, -0.25) is 28.5 Å². The van der Waals surface area contributed by atoms with Crippen LogP contribution in [-0.2, 0) is 16.1 Å². The number of aromatic nitrogens is 2. The molecule has 29 heavy (non-hydrogen) atoms. The number of ether oxygens (including phenoxy) is 1. The molecule has 146 valence electrons. The minimum atomic E-state index is -0.590. The van der Waals surface area contributed by atoms with Gasteiger partial charge >= 0.3 is 5.97 Å². The van der Waals surface area contributed by atoms with E-state index in [4.69, 9.17) is 4.74 Å². The molecule has 0 fully saturated rings. The van der Waals surface area contributed by atoms with Gasteiger partial charge in [0.1, 0.15) is 12.3 Å². The minimum Gasteiger partial charge on any atom is -0.459 e. The predicted molar refractivity (Wildman–Crippen MR) is 102 cm³/mol. The molecule has 1 aliphatic heterocycles. The van der Waals surface area contributed by atoms with Gasteiger partial charge in [-0.05, 0) is 31.2 Å². The van der Waals surface area contributed by atoms with Crippen molar-refractivity contribution in [2.24, 2.45) is 0 Å². The van der Waals surface area contributed by atoms with Crippen molar-refractivity contribution in [2.45, 2.75) is 20.0 Å². The number of esters is 1. The third-order valence-electron chi connectivity index (χ3n) is 4.73. The van der Waals surface area contributed by atoms with Gasteiger partial charge in [0.25, 0.3) is 17.4 Å². The Morgan fingerprint density at radius 3 is 2.38 bits per heavy atom. The van der Waals surface area contributed by atoms with Crippen LogP contribution in [0, 0.1) is 6.92 Å². The molecule has 0 N–H and O–H groups in total. The van der Waals surface area contributed by atoms with Crippen LogP contribution in [0.3, 0.4) is 0 Å². The Labute approximate surface area is 165 Å². The fourth-order valence-electron chi connectivity index (χ4n) is 3.31. The molecule has 1 aromatic carbocycles. The second-order valence-electron chi connectivity index (χ2n) is 6.66. The standard InChI is InChI=1S/C21H17N3O5/c1-13-5-4-8-17-22-14(11-18(25)24(13)17)12-29-19(26)9-10-23-20(27)15-6-2-3-7-16(15)21(23)28/h2-8,11H,9-10,12H2,1H3. The largest absolute Gasteiger partial charge is 0.459 e. The van der Waals surface area contributed by atoms with Gasteiger partial charge in [0, 0.05) is 18.3 Å². The summed E-state index contributed by atoms with van der Waals surface area (Å²) in [5, 5.41) is 0. The first kappa shape index (κ1) is 18.5. The van der Waals surface area contributed by atoms with Crippen LogP contribution in [0.4, 0.5) is 0 Å². The van der Waals surface area contributed by atoms with Crippen LogP contribution in [0.15, 0.2) is 53.3 Å². The van der Waals surface area contributed by atoms with Crippen molar-refractivity contribution in [2.75, 3.05) is 6.54 Å². The van der Waals surface area contributed by atoms with Crippen LogP contribution >= 0.6 is 0 Å². The van der Waals surface area contributed by atoms with Gasteiger partial charge in [0.2, 0.25) is 0 Å². The summed E-state index contributed by atoms with van der Waals surface area (Å²) in [6, 6.07) is 13.1. The third kappa shape index (κ3) is 3.40. The summed E-state index contributed by atoms with van der Waals surface area (Å²) in [6.45, 7) is 1.56. The molecule has 0 unspecified atom stereocenters. The normalized spacial score (nSPS) is 13.1. The van der Waals surface area contributed by atoms with E-state index in [9.17, 15) is 19.2 Å². The molecule has 2 aromatic heterocycles. The molecule has 3 heterocycles. The van der Waals surface area contributed by atoms with Gasteiger partial charge in [0.15, 0.2) is 0 Å². The maximum absolute atomic E-state index is 12.3. The molecule has 1 aliphatic rings. The molecule has 0 radical (unpaired) electrons. The van der Waals surface area contributed by atoms with Gasteiger partial charge < -0.3 is 4.74 Å². The van der Waals surface area contributed by atoms with Crippen molar-refractivity contribution >= 4 is 23.4 Å². The van der Waals surface area contributed by atoms with E-state index in [0.717, 1.165) is 10.6 Å². The molecular formula is C21H17N3O5. The van der Waals surface area contributed by atoms with E-state index in [2.05, 4.69) is 4.98 Å². The molecule has 0 saturated heterocycles. The number of pyridine rings is 1. The molecule has 0 atom stereocenters. The Bertz CT molecular complexity index is 1180. The van der Waals surface area contributed by atoms with Crippen LogP contribution in [0.25, 0.3) is 5.65 Å². The zero-order valence-electron chi connectivity index (χ0n) is 15.6. The maximum atomic E-state index is 12.3. The number of imide groups is 1. The molecule has 3 aromatic rings. The third-order valence-corrected chi connectivity index (χ3v) is 4.73. The van der Waals surface area contributed by atoms with Crippen LogP contribution in [0.2, 0.25) is 0 Å². The summed E-state index contributed by atoms with van der Waals surface area (Å²) in [6.07, 6.45) is -0.142. The molecule has 0 saturated carbocycles. The first-order valence-corrected chi connectivity index (χ1v) is 9.05. The van der Waals surface area contributed by atoms with Gasteiger partial charge in [-0.1, -0.05) is 18.2 Å². The quantitative estimate of drug-likeness (QED) is 0.485. The fraction of sp³-hybridized carbons (Fsp3) is 0.190. The highest BCUT2D eigenvalue weighted by molar-refractivity contribution is 6.21. The average Bonchev–Trinajstić information content (AvgIpc) is 2.95. The van der Waals surface area contributed by atoms with Crippen LogP contribution in [0.5, 0.6) is 0 Å². The van der Waals surface area contributed by atoms with Crippen LogP contribution < -0.4 is 5.56 Å². The van der Waals surface area contributed by atoms with E-state index in [1.807, 2.05) is 0 Å². The van der Waals surface area contributed by atoms with Gasteiger partial charge in [0.05, 0.1) is 23.2 Å². The lowest BCUT2D eigenvalue weighted by Crippen LogP contribution is -2.32. The predicted octanol–water partition coefficient (Wildman–Crippen LogP) is 1.73. The van der Waals surface area contributed by atoms with E-state index < -0.39 is 17.8 Å². The summed E-state index contributed by atoms with van der Waals surface area (Å²) in [5.74, 6) is -1.43. The first-order chi connectivity index (χ1) is 14.0. The summed E-state index contributed by atoms with van der Waals surface area (Å²) in [4.78, 5) is 54.3. The van der Waals surface area contributed by atoms with E-state index in [1.54, 1.807) is 49.4 Å². The smallest absolute Gasteiger partial charge is 0.307 e. The lowest BCUT2D eigenvalue weighted by atomic mass is 10.1. The molecule has 0 spiro atoms. The van der Waals surface area contributed by atoms with Gasteiger partial charge in [-0.15, -0.1) is 0 Å². The fourth-order valence-corrected chi connectivity index (χ4v) is 3.31. The molecule has 8 nitrogen and oxygen atoms in total. The minimum absolute atomic E-state index is 0.0712. The second kappa shape index (κ2) is 7.31. The van der Waals surface area contributed by atoms with Gasteiger partial charge in [-0.2, -0.15) is 0 Å². The molecule has 0 aliphatic carbocycles. The second-order valence-corrected chi connectivity index (χ2v) is 6.66. The zero-order chi connectivity index (χ0) is 20.5. The number of hydrogen-bond donors (Lipinski definition) is 0. The van der Waals surface area contributed by atoms with E-state index in [-0.39, 0.29) is 25.1 Å². The molecule has 8 heteroatoms. The van der Waals surface area contributed by atoms with Crippen LogP contribution in [0.1, 0.15) is 38.5 Å². The van der Waals surface area contributed by atoms with Gasteiger partial charge in [-0.25, -0.2) is 4.98 Å². The first-order valence-electron chi connectivity index (χ1n) is 9.05. The number of carbonyl (C=O) groups excluding carboxylic acids is 3. The zero-order valence-corrected chi connectivity index (χ0v) is 15.6. The highest BCUT2D eigenvalue weighted by Crippen LogP contribution is 2.22. The number of rotatable bonds is 5. The monoisotopic (exact) mass is 391 g/mol. The summed E-state index contributed by atoms with van der Waals surface area (Å²) < 4.78 is 6.64. The topological polar surface area (TPSA) is 98.0 Å². The Morgan fingerprint density at radius 2 is 1.69 bits per heavy atom. The number of aryl methyl sites for hydroxylation is 1. The van der Waals surface area contributed by atoms with E-state index in [0.29, 0.717) is 22.5 Å². The highest BCUT2D eigenvalue weighted by atomic mass is 16.5. The Hall–Kier alpha value is -3.81. The Morgan fingerprint density at radius 1 is 1.00 bits per heavy atom. The van der Waals surface area contributed by atoms with Crippen LogP contribution in [-0.4, -0.2) is 38.6 Å². The van der Waals surface area contributed by atoms with Crippen molar-refractivity contribution in [3.63, 3.8) is 0 Å². The SMILES string of the molecule is Cc1cccc2nc(COC(=O)CCN3C(=O)c4ccccc4C3=O)cc(=O)n12. The van der Waals surface area contributed by atoms with Crippen molar-refractivity contribution < 1.29 is 19.1 Å².